The van der Waals surface area contributed by atoms with E-state index < -0.39 is 0 Å². The minimum Gasteiger partial charge on any atom is -0.318 e. The van der Waals surface area contributed by atoms with Gasteiger partial charge in [-0.2, -0.15) is 0 Å². The van der Waals surface area contributed by atoms with Crippen LogP contribution < -0.4 is 5.32 Å². The summed E-state index contributed by atoms with van der Waals surface area (Å²) in [7, 11) is 4.29. The molecule has 1 rings (SSSR count). The number of rotatable bonds is 2. The van der Waals surface area contributed by atoms with Crippen molar-refractivity contribution < 1.29 is 0 Å². The third kappa shape index (κ3) is 3.74. The fraction of sp³-hybridized carbons (Fsp3) is 1.00. The standard InChI is InChI=1S/C12H27N3/c1-12(2,3)15-8-6-7-14(5)11(10-15)9-13-4/h11,13H,6-10H2,1-5H3. The van der Waals surface area contributed by atoms with Crippen LogP contribution in [0.2, 0.25) is 0 Å². The summed E-state index contributed by atoms with van der Waals surface area (Å²) >= 11 is 0. The highest BCUT2D eigenvalue weighted by Crippen LogP contribution is 2.18. The molecule has 1 aliphatic heterocycles. The average Bonchev–Trinajstić information content (AvgIpc) is 2.29. The van der Waals surface area contributed by atoms with E-state index in [1.54, 1.807) is 0 Å². The van der Waals surface area contributed by atoms with Gasteiger partial charge in [0.1, 0.15) is 0 Å². The van der Waals surface area contributed by atoms with Crippen LogP contribution in [-0.2, 0) is 0 Å². The largest absolute Gasteiger partial charge is 0.318 e. The van der Waals surface area contributed by atoms with Gasteiger partial charge in [0.25, 0.3) is 0 Å². The van der Waals surface area contributed by atoms with Crippen LogP contribution in [0, 0.1) is 0 Å². The number of nitrogens with zero attached hydrogens (tertiary/aromatic N) is 2. The normalized spacial score (nSPS) is 26.6. The Morgan fingerprint density at radius 3 is 2.47 bits per heavy atom. The van der Waals surface area contributed by atoms with Crippen molar-refractivity contribution >= 4 is 0 Å². The molecule has 0 aromatic rings. The summed E-state index contributed by atoms with van der Waals surface area (Å²) in [6, 6.07) is 0.650. The molecule has 0 aromatic heterocycles. The molecule has 0 aromatic carbocycles. The number of nitrogens with one attached hydrogen (secondary N) is 1. The molecule has 3 heteroatoms. The topological polar surface area (TPSA) is 18.5 Å². The SMILES string of the molecule is CNCC1CN(C(C)(C)C)CCCN1C. The first-order chi connectivity index (χ1) is 6.95. The second kappa shape index (κ2) is 5.28. The highest BCUT2D eigenvalue weighted by molar-refractivity contribution is 4.85. The number of likely N-dealkylation sites (N-methyl/N-ethyl adjacent to an activating group) is 2. The lowest BCUT2D eigenvalue weighted by Gasteiger charge is -2.37. The summed E-state index contributed by atoms with van der Waals surface area (Å²) in [5, 5.41) is 3.30. The van der Waals surface area contributed by atoms with Gasteiger partial charge in [0.05, 0.1) is 0 Å². The van der Waals surface area contributed by atoms with Crippen molar-refractivity contribution in [1.29, 1.82) is 0 Å². The Morgan fingerprint density at radius 1 is 1.27 bits per heavy atom. The van der Waals surface area contributed by atoms with Crippen molar-refractivity contribution in [2.75, 3.05) is 40.3 Å². The van der Waals surface area contributed by atoms with Gasteiger partial charge in [-0.25, -0.2) is 0 Å². The summed E-state index contributed by atoms with van der Waals surface area (Å²) < 4.78 is 0. The van der Waals surface area contributed by atoms with Gasteiger partial charge in [-0.15, -0.1) is 0 Å². The lowest BCUT2D eigenvalue weighted by Crippen LogP contribution is -2.49. The van der Waals surface area contributed by atoms with E-state index in [1.807, 2.05) is 7.05 Å². The molecular formula is C12H27N3. The summed E-state index contributed by atoms with van der Waals surface area (Å²) in [5.41, 5.74) is 0.303. The first-order valence-corrected chi connectivity index (χ1v) is 6.05. The van der Waals surface area contributed by atoms with Crippen LogP contribution in [0.15, 0.2) is 0 Å². The predicted octanol–water partition coefficient (Wildman–Crippen LogP) is 1.01. The van der Waals surface area contributed by atoms with Crippen LogP contribution in [0.4, 0.5) is 0 Å². The van der Waals surface area contributed by atoms with Crippen molar-refractivity contribution in [3.8, 4) is 0 Å². The van der Waals surface area contributed by atoms with E-state index in [2.05, 4.69) is 42.9 Å². The monoisotopic (exact) mass is 213 g/mol. The Balaban J connectivity index is 2.63. The van der Waals surface area contributed by atoms with Crippen LogP contribution in [-0.4, -0.2) is 61.7 Å². The zero-order valence-corrected chi connectivity index (χ0v) is 11.0. The van der Waals surface area contributed by atoms with E-state index in [9.17, 15) is 0 Å². The van der Waals surface area contributed by atoms with Gasteiger partial charge < -0.3 is 10.2 Å². The molecule has 1 unspecified atom stereocenters. The molecule has 0 amide bonds. The van der Waals surface area contributed by atoms with Crippen molar-refractivity contribution in [3.63, 3.8) is 0 Å². The maximum Gasteiger partial charge on any atom is 0.0344 e. The highest BCUT2D eigenvalue weighted by atomic mass is 15.3. The van der Waals surface area contributed by atoms with Crippen molar-refractivity contribution in [2.24, 2.45) is 0 Å². The van der Waals surface area contributed by atoms with Crippen LogP contribution in [0.25, 0.3) is 0 Å². The van der Waals surface area contributed by atoms with E-state index in [1.165, 1.54) is 26.1 Å². The third-order valence-corrected chi connectivity index (χ3v) is 3.38. The molecule has 0 spiro atoms. The molecule has 3 nitrogen and oxygen atoms in total. The van der Waals surface area contributed by atoms with Crippen LogP contribution in [0.1, 0.15) is 27.2 Å². The predicted molar refractivity (Wildman–Crippen MR) is 66.3 cm³/mol. The van der Waals surface area contributed by atoms with E-state index in [0.29, 0.717) is 11.6 Å². The van der Waals surface area contributed by atoms with Gasteiger partial charge in [-0.1, -0.05) is 0 Å². The highest BCUT2D eigenvalue weighted by Gasteiger charge is 2.28. The molecule has 1 saturated heterocycles. The van der Waals surface area contributed by atoms with Crippen molar-refractivity contribution in [3.05, 3.63) is 0 Å². The zero-order valence-electron chi connectivity index (χ0n) is 11.0. The molecule has 1 atom stereocenters. The van der Waals surface area contributed by atoms with Crippen LogP contribution >= 0.6 is 0 Å². The summed E-state index contributed by atoms with van der Waals surface area (Å²) in [5.74, 6) is 0. The molecule has 0 aliphatic carbocycles. The van der Waals surface area contributed by atoms with Crippen LogP contribution in [0.5, 0.6) is 0 Å². The second-order valence-corrected chi connectivity index (χ2v) is 5.66. The van der Waals surface area contributed by atoms with E-state index in [4.69, 9.17) is 0 Å². The first-order valence-electron chi connectivity index (χ1n) is 6.05. The van der Waals surface area contributed by atoms with Crippen molar-refractivity contribution in [1.82, 2.24) is 15.1 Å². The Kier molecular flexibility index (Phi) is 4.56. The van der Waals surface area contributed by atoms with E-state index >= 15 is 0 Å². The Morgan fingerprint density at radius 2 is 1.93 bits per heavy atom. The van der Waals surface area contributed by atoms with Gasteiger partial charge in [0, 0.05) is 24.7 Å². The summed E-state index contributed by atoms with van der Waals surface area (Å²) in [4.78, 5) is 5.10. The lowest BCUT2D eigenvalue weighted by atomic mass is 10.0. The van der Waals surface area contributed by atoms with Crippen molar-refractivity contribution in [2.45, 2.75) is 38.8 Å². The maximum atomic E-state index is 3.30. The summed E-state index contributed by atoms with van der Waals surface area (Å²) in [6.07, 6.45) is 1.29. The molecule has 0 saturated carbocycles. The Labute approximate surface area is 94.8 Å². The molecular weight excluding hydrogens is 186 g/mol. The van der Waals surface area contributed by atoms with Crippen LogP contribution in [0.3, 0.4) is 0 Å². The number of hydrogen-bond acceptors (Lipinski definition) is 3. The second-order valence-electron chi connectivity index (χ2n) is 5.66. The van der Waals surface area contributed by atoms with E-state index in [0.717, 1.165) is 6.54 Å². The van der Waals surface area contributed by atoms with Gasteiger partial charge in [0.2, 0.25) is 0 Å². The fourth-order valence-corrected chi connectivity index (χ4v) is 2.24. The molecule has 0 radical (unpaired) electrons. The lowest BCUT2D eigenvalue weighted by molar-refractivity contribution is 0.118. The smallest absolute Gasteiger partial charge is 0.0344 e. The van der Waals surface area contributed by atoms with Gasteiger partial charge in [-0.05, 0) is 54.4 Å². The first kappa shape index (κ1) is 12.9. The minimum atomic E-state index is 0.303. The molecule has 1 heterocycles. The molecule has 0 bridgehead atoms. The molecule has 15 heavy (non-hydrogen) atoms. The minimum absolute atomic E-state index is 0.303. The average molecular weight is 213 g/mol. The number of hydrogen-bond donors (Lipinski definition) is 1. The fourth-order valence-electron chi connectivity index (χ4n) is 2.24. The van der Waals surface area contributed by atoms with E-state index in [-0.39, 0.29) is 0 Å². The molecule has 1 fully saturated rings. The maximum absolute atomic E-state index is 3.30. The molecule has 90 valence electrons. The van der Waals surface area contributed by atoms with Gasteiger partial charge in [0.15, 0.2) is 0 Å². The summed E-state index contributed by atoms with van der Waals surface area (Å²) in [6.45, 7) is 11.7. The third-order valence-electron chi connectivity index (χ3n) is 3.38. The van der Waals surface area contributed by atoms with Gasteiger partial charge in [-0.3, -0.25) is 4.90 Å². The Bertz CT molecular complexity index is 186. The van der Waals surface area contributed by atoms with Gasteiger partial charge >= 0.3 is 0 Å². The molecule has 1 aliphatic rings. The Hall–Kier alpha value is -0.120. The molecule has 1 N–H and O–H groups in total. The quantitative estimate of drug-likeness (QED) is 0.738. The zero-order chi connectivity index (χ0) is 11.5.